The molecule has 1 fully saturated rings. The van der Waals surface area contributed by atoms with Crippen LogP contribution in [0.2, 0.25) is 0 Å². The van der Waals surface area contributed by atoms with Gasteiger partial charge in [-0.3, -0.25) is 4.79 Å². The number of aryl methyl sites for hydroxylation is 1. The smallest absolute Gasteiger partial charge is 0.309 e. The minimum Gasteiger partial charge on any atom is -0.481 e. The molecule has 0 aromatic heterocycles. The number of aliphatic carboxylic acids is 1. The number of carbonyl (C=O) groups is 1. The molecule has 0 spiro atoms. The van der Waals surface area contributed by atoms with Crippen LogP contribution in [0.4, 0.5) is 0 Å². The molecule has 0 unspecified atom stereocenters. The first kappa shape index (κ1) is 14.1. The summed E-state index contributed by atoms with van der Waals surface area (Å²) in [5.74, 6) is -0.643. The highest BCUT2D eigenvalue weighted by Gasteiger charge is 2.39. The van der Waals surface area contributed by atoms with Crippen molar-refractivity contribution in [3.63, 3.8) is 0 Å². The second kappa shape index (κ2) is 6.71. The van der Waals surface area contributed by atoms with Crippen molar-refractivity contribution < 1.29 is 14.6 Å². The lowest BCUT2D eigenvalue weighted by Crippen LogP contribution is -2.37. The van der Waals surface area contributed by atoms with E-state index in [-0.39, 0.29) is 0 Å². The number of rotatable bonds is 6. The summed E-state index contributed by atoms with van der Waals surface area (Å²) in [4.78, 5) is 11.5. The van der Waals surface area contributed by atoms with Crippen LogP contribution in [0.5, 0.6) is 0 Å². The van der Waals surface area contributed by atoms with Crippen LogP contribution < -0.4 is 0 Å². The van der Waals surface area contributed by atoms with Crippen molar-refractivity contribution in [2.75, 3.05) is 13.2 Å². The van der Waals surface area contributed by atoms with Gasteiger partial charge in [0.2, 0.25) is 0 Å². The maximum absolute atomic E-state index is 11.5. The Morgan fingerprint density at radius 3 is 2.47 bits per heavy atom. The van der Waals surface area contributed by atoms with Gasteiger partial charge in [0.25, 0.3) is 0 Å². The normalized spacial score (nSPS) is 18.1. The van der Waals surface area contributed by atoms with Crippen molar-refractivity contribution in [1.29, 1.82) is 0 Å². The minimum absolute atomic E-state index is 0.533. The summed E-state index contributed by atoms with van der Waals surface area (Å²) in [6.45, 7) is 1.18. The third-order valence-electron chi connectivity index (χ3n) is 4.12. The topological polar surface area (TPSA) is 46.5 Å². The van der Waals surface area contributed by atoms with E-state index >= 15 is 0 Å². The fourth-order valence-electron chi connectivity index (χ4n) is 2.77. The van der Waals surface area contributed by atoms with Gasteiger partial charge >= 0.3 is 5.97 Å². The molecule has 19 heavy (non-hydrogen) atoms. The molecular formula is C16H22O3. The summed E-state index contributed by atoms with van der Waals surface area (Å²) in [6.07, 6.45) is 5.16. The second-order valence-electron chi connectivity index (χ2n) is 5.39. The highest BCUT2D eigenvalue weighted by Crippen LogP contribution is 2.36. The summed E-state index contributed by atoms with van der Waals surface area (Å²) < 4.78 is 5.29. The van der Waals surface area contributed by atoms with Gasteiger partial charge in [-0.05, 0) is 37.7 Å². The predicted octanol–water partition coefficient (Wildman–Crippen LogP) is 3.28. The number of ether oxygens (including phenoxy) is 1. The minimum atomic E-state index is -0.643. The standard InChI is InChI=1S/C16H22O3/c17-15(18)16(10-12-19-13-11-16)9-5-4-8-14-6-2-1-3-7-14/h1-3,6-7H,4-5,8-13H2,(H,17,18). The summed E-state index contributed by atoms with van der Waals surface area (Å²) in [5, 5.41) is 9.45. The van der Waals surface area contributed by atoms with E-state index in [0.717, 1.165) is 25.7 Å². The Kier molecular flexibility index (Phi) is 4.97. The van der Waals surface area contributed by atoms with Crippen LogP contribution in [0, 0.1) is 5.41 Å². The zero-order chi connectivity index (χ0) is 13.6. The Morgan fingerprint density at radius 2 is 1.84 bits per heavy atom. The lowest BCUT2D eigenvalue weighted by molar-refractivity contribution is -0.155. The molecule has 0 amide bonds. The molecule has 1 aliphatic heterocycles. The first-order chi connectivity index (χ1) is 9.23. The molecule has 1 aliphatic rings. The van der Waals surface area contributed by atoms with E-state index < -0.39 is 11.4 Å². The van der Waals surface area contributed by atoms with Crippen LogP contribution in [0.1, 0.15) is 37.7 Å². The van der Waals surface area contributed by atoms with Crippen molar-refractivity contribution in [1.82, 2.24) is 0 Å². The first-order valence-corrected chi connectivity index (χ1v) is 7.08. The molecule has 3 heteroatoms. The van der Waals surface area contributed by atoms with Gasteiger partial charge < -0.3 is 9.84 Å². The van der Waals surface area contributed by atoms with Crippen molar-refractivity contribution in [2.24, 2.45) is 5.41 Å². The van der Waals surface area contributed by atoms with Crippen molar-refractivity contribution in [3.8, 4) is 0 Å². The molecule has 104 valence electrons. The zero-order valence-corrected chi connectivity index (χ0v) is 11.3. The molecule has 0 aliphatic carbocycles. The summed E-state index contributed by atoms with van der Waals surface area (Å²) in [6, 6.07) is 10.4. The molecule has 2 rings (SSSR count). The summed E-state index contributed by atoms with van der Waals surface area (Å²) >= 11 is 0. The predicted molar refractivity (Wildman–Crippen MR) is 74.1 cm³/mol. The largest absolute Gasteiger partial charge is 0.481 e. The van der Waals surface area contributed by atoms with E-state index in [0.29, 0.717) is 26.1 Å². The summed E-state index contributed by atoms with van der Waals surface area (Å²) in [7, 11) is 0. The van der Waals surface area contributed by atoms with Crippen LogP contribution in [-0.4, -0.2) is 24.3 Å². The van der Waals surface area contributed by atoms with Crippen molar-refractivity contribution in [3.05, 3.63) is 35.9 Å². The lowest BCUT2D eigenvalue weighted by atomic mass is 9.76. The van der Waals surface area contributed by atoms with Crippen LogP contribution in [-0.2, 0) is 16.0 Å². The quantitative estimate of drug-likeness (QED) is 0.800. The molecule has 0 bridgehead atoms. The van der Waals surface area contributed by atoms with Gasteiger partial charge in [0.05, 0.1) is 5.41 Å². The molecule has 1 aromatic carbocycles. The van der Waals surface area contributed by atoms with Crippen LogP contribution in [0.25, 0.3) is 0 Å². The molecule has 0 atom stereocenters. The van der Waals surface area contributed by atoms with E-state index in [9.17, 15) is 9.90 Å². The number of unbranched alkanes of at least 4 members (excludes halogenated alkanes) is 1. The van der Waals surface area contributed by atoms with Crippen LogP contribution >= 0.6 is 0 Å². The number of hydrogen-bond acceptors (Lipinski definition) is 2. The maximum atomic E-state index is 11.5. The van der Waals surface area contributed by atoms with Crippen LogP contribution in [0.15, 0.2) is 30.3 Å². The van der Waals surface area contributed by atoms with Gasteiger partial charge in [0.1, 0.15) is 0 Å². The molecule has 3 nitrogen and oxygen atoms in total. The maximum Gasteiger partial charge on any atom is 0.309 e. The number of carboxylic acid groups (broad SMARTS) is 1. The number of benzene rings is 1. The Bertz CT molecular complexity index is 394. The zero-order valence-electron chi connectivity index (χ0n) is 11.3. The Balaban J connectivity index is 1.78. The van der Waals surface area contributed by atoms with Gasteiger partial charge in [0.15, 0.2) is 0 Å². The number of carboxylic acids is 1. The molecule has 1 N–H and O–H groups in total. The van der Waals surface area contributed by atoms with Gasteiger partial charge in [-0.25, -0.2) is 0 Å². The second-order valence-corrected chi connectivity index (χ2v) is 5.39. The highest BCUT2D eigenvalue weighted by atomic mass is 16.5. The fourth-order valence-corrected chi connectivity index (χ4v) is 2.77. The fraction of sp³-hybridized carbons (Fsp3) is 0.562. The molecule has 1 heterocycles. The van der Waals surface area contributed by atoms with Gasteiger partial charge in [-0.2, -0.15) is 0 Å². The van der Waals surface area contributed by atoms with E-state index in [1.165, 1.54) is 5.56 Å². The first-order valence-electron chi connectivity index (χ1n) is 7.08. The van der Waals surface area contributed by atoms with E-state index in [1.54, 1.807) is 0 Å². The monoisotopic (exact) mass is 262 g/mol. The van der Waals surface area contributed by atoms with E-state index in [2.05, 4.69) is 12.1 Å². The average Bonchev–Trinajstić information content (AvgIpc) is 2.46. The van der Waals surface area contributed by atoms with Gasteiger partial charge in [0, 0.05) is 13.2 Å². The van der Waals surface area contributed by atoms with E-state index in [1.807, 2.05) is 18.2 Å². The molecule has 1 aromatic rings. The highest BCUT2D eigenvalue weighted by molar-refractivity contribution is 5.74. The van der Waals surface area contributed by atoms with E-state index in [4.69, 9.17) is 4.74 Å². The lowest BCUT2D eigenvalue weighted by Gasteiger charge is -2.33. The molecular weight excluding hydrogens is 240 g/mol. The van der Waals surface area contributed by atoms with Gasteiger partial charge in [-0.15, -0.1) is 0 Å². The third kappa shape index (κ3) is 3.80. The summed E-state index contributed by atoms with van der Waals surface area (Å²) in [5.41, 5.74) is 0.799. The molecule has 0 radical (unpaired) electrons. The molecule has 1 saturated heterocycles. The molecule has 0 saturated carbocycles. The number of hydrogen-bond donors (Lipinski definition) is 1. The Morgan fingerprint density at radius 1 is 1.16 bits per heavy atom. The van der Waals surface area contributed by atoms with Crippen molar-refractivity contribution >= 4 is 5.97 Å². The third-order valence-corrected chi connectivity index (χ3v) is 4.12. The van der Waals surface area contributed by atoms with Gasteiger partial charge in [-0.1, -0.05) is 36.8 Å². The average molecular weight is 262 g/mol. The Hall–Kier alpha value is -1.35. The van der Waals surface area contributed by atoms with Crippen molar-refractivity contribution in [2.45, 2.75) is 38.5 Å². The SMILES string of the molecule is O=C(O)C1(CCCCc2ccccc2)CCOCC1. The van der Waals surface area contributed by atoms with Crippen LogP contribution in [0.3, 0.4) is 0 Å². The Labute approximate surface area is 114 Å².